The van der Waals surface area contributed by atoms with Gasteiger partial charge < -0.3 is 10.2 Å². The minimum Gasteiger partial charge on any atom is -0.326 e. The Hall–Kier alpha value is -2.95. The number of nitrogens with one attached hydrogen (secondary N) is 1. The van der Waals surface area contributed by atoms with Crippen LogP contribution < -0.4 is 10.2 Å². The number of ketones is 1. The summed E-state index contributed by atoms with van der Waals surface area (Å²) in [7, 11) is 1.63. The Kier molecular flexibility index (Phi) is 5.25. The molecule has 23 heavy (non-hydrogen) atoms. The summed E-state index contributed by atoms with van der Waals surface area (Å²) >= 11 is 0. The number of nitrogens with zero attached hydrogens (tertiary/aromatic N) is 1. The van der Waals surface area contributed by atoms with Crippen molar-refractivity contribution in [3.63, 3.8) is 0 Å². The number of benzene rings is 2. The van der Waals surface area contributed by atoms with E-state index in [0.717, 1.165) is 5.69 Å². The molecule has 2 aromatic rings. The Morgan fingerprint density at radius 2 is 1.70 bits per heavy atom. The van der Waals surface area contributed by atoms with Gasteiger partial charge in [0.1, 0.15) is 6.42 Å². The highest BCUT2D eigenvalue weighted by Gasteiger charge is 2.15. The van der Waals surface area contributed by atoms with Crippen LogP contribution >= 0.6 is 0 Å². The van der Waals surface area contributed by atoms with Gasteiger partial charge in [0.25, 0.3) is 0 Å². The van der Waals surface area contributed by atoms with Crippen molar-refractivity contribution in [2.75, 3.05) is 17.3 Å². The van der Waals surface area contributed by atoms with E-state index in [2.05, 4.69) is 5.32 Å². The van der Waals surface area contributed by atoms with E-state index >= 15 is 0 Å². The van der Waals surface area contributed by atoms with Crippen molar-refractivity contribution in [2.45, 2.75) is 13.3 Å². The lowest BCUT2D eigenvalue weighted by Gasteiger charge is -2.17. The Morgan fingerprint density at radius 3 is 2.35 bits per heavy atom. The summed E-state index contributed by atoms with van der Waals surface area (Å²) in [6.45, 7) is 1.46. The van der Waals surface area contributed by atoms with Crippen molar-refractivity contribution >= 4 is 29.0 Å². The maximum atomic E-state index is 12.1. The van der Waals surface area contributed by atoms with Crippen LogP contribution in [0.15, 0.2) is 54.6 Å². The molecular formula is C18H18N2O3. The summed E-state index contributed by atoms with van der Waals surface area (Å²) < 4.78 is 0. The molecule has 0 spiro atoms. The zero-order valence-electron chi connectivity index (χ0n) is 13.1. The van der Waals surface area contributed by atoms with E-state index in [0.29, 0.717) is 11.3 Å². The zero-order valence-corrected chi connectivity index (χ0v) is 13.1. The number of hydrogen-bond donors (Lipinski definition) is 1. The lowest BCUT2D eigenvalue weighted by molar-refractivity contribution is -0.125. The lowest BCUT2D eigenvalue weighted by atomic mass is 10.1. The quantitative estimate of drug-likeness (QED) is 0.682. The fourth-order valence-electron chi connectivity index (χ4n) is 2.07. The van der Waals surface area contributed by atoms with E-state index in [1.807, 2.05) is 18.2 Å². The van der Waals surface area contributed by atoms with Crippen molar-refractivity contribution in [3.8, 4) is 0 Å². The summed E-state index contributed by atoms with van der Waals surface area (Å²) in [5.74, 6) is -0.809. The van der Waals surface area contributed by atoms with Crippen molar-refractivity contribution in [2.24, 2.45) is 0 Å². The molecule has 0 saturated carbocycles. The van der Waals surface area contributed by atoms with Crippen LogP contribution in [-0.2, 0) is 9.59 Å². The van der Waals surface area contributed by atoms with E-state index in [1.54, 1.807) is 43.4 Å². The zero-order chi connectivity index (χ0) is 16.8. The molecule has 0 atom stereocenters. The minimum atomic E-state index is -0.418. The first-order valence-electron chi connectivity index (χ1n) is 7.20. The first-order chi connectivity index (χ1) is 11.0. The number of amides is 2. The Balaban J connectivity index is 1.98. The number of rotatable bonds is 5. The van der Waals surface area contributed by atoms with Crippen LogP contribution in [0.2, 0.25) is 0 Å². The Morgan fingerprint density at radius 1 is 1.00 bits per heavy atom. The second-order valence-corrected chi connectivity index (χ2v) is 5.15. The summed E-state index contributed by atoms with van der Waals surface area (Å²) in [6.07, 6.45) is -0.268. The van der Waals surface area contributed by atoms with Gasteiger partial charge in [-0.3, -0.25) is 14.4 Å². The molecule has 0 fully saturated rings. The molecule has 0 saturated heterocycles. The largest absolute Gasteiger partial charge is 0.326 e. The molecule has 1 N–H and O–H groups in total. The number of para-hydroxylation sites is 1. The van der Waals surface area contributed by atoms with Gasteiger partial charge in [0, 0.05) is 24.0 Å². The van der Waals surface area contributed by atoms with Gasteiger partial charge in [0.05, 0.1) is 0 Å². The standard InChI is InChI=1S/C18H18N2O3/c1-13(21)14-7-6-8-15(11-14)19-17(22)12-18(23)20(2)16-9-4-3-5-10-16/h3-11H,12H2,1-2H3,(H,19,22). The van der Waals surface area contributed by atoms with Gasteiger partial charge >= 0.3 is 0 Å². The number of carbonyl (C=O) groups is 3. The molecule has 0 radical (unpaired) electrons. The van der Waals surface area contributed by atoms with Crippen LogP contribution in [-0.4, -0.2) is 24.6 Å². The average molecular weight is 310 g/mol. The predicted octanol–water partition coefficient (Wildman–Crippen LogP) is 2.88. The van der Waals surface area contributed by atoms with Crippen LogP contribution in [0.25, 0.3) is 0 Å². The fraction of sp³-hybridized carbons (Fsp3) is 0.167. The molecule has 0 aliphatic rings. The highest BCUT2D eigenvalue weighted by Crippen LogP contribution is 2.14. The van der Waals surface area contributed by atoms with Gasteiger partial charge in [0.15, 0.2) is 5.78 Å². The average Bonchev–Trinajstić information content (AvgIpc) is 2.55. The summed E-state index contributed by atoms with van der Waals surface area (Å²) in [5.41, 5.74) is 1.73. The first-order valence-corrected chi connectivity index (χ1v) is 7.20. The van der Waals surface area contributed by atoms with Crippen LogP contribution in [0.3, 0.4) is 0 Å². The molecule has 0 aromatic heterocycles. The topological polar surface area (TPSA) is 66.5 Å². The SMILES string of the molecule is CC(=O)c1cccc(NC(=O)CC(=O)N(C)c2ccccc2)c1. The van der Waals surface area contributed by atoms with Crippen LogP contribution in [0.5, 0.6) is 0 Å². The number of anilines is 2. The van der Waals surface area contributed by atoms with E-state index < -0.39 is 5.91 Å². The smallest absolute Gasteiger partial charge is 0.236 e. The van der Waals surface area contributed by atoms with Gasteiger partial charge in [-0.2, -0.15) is 0 Å². The highest BCUT2D eigenvalue weighted by atomic mass is 16.2. The number of Topliss-reactive ketones (excluding diaryl/α,β-unsaturated/α-hetero) is 1. The van der Waals surface area contributed by atoms with Crippen molar-refractivity contribution in [3.05, 3.63) is 60.2 Å². The summed E-state index contributed by atoms with van der Waals surface area (Å²) in [4.78, 5) is 36.9. The van der Waals surface area contributed by atoms with Gasteiger partial charge in [0.2, 0.25) is 11.8 Å². The van der Waals surface area contributed by atoms with E-state index in [9.17, 15) is 14.4 Å². The van der Waals surface area contributed by atoms with Crippen molar-refractivity contribution in [1.82, 2.24) is 0 Å². The van der Waals surface area contributed by atoms with Crippen molar-refractivity contribution in [1.29, 1.82) is 0 Å². The highest BCUT2D eigenvalue weighted by molar-refractivity contribution is 6.09. The van der Waals surface area contributed by atoms with Gasteiger partial charge in [-0.15, -0.1) is 0 Å². The van der Waals surface area contributed by atoms with Gasteiger partial charge in [-0.25, -0.2) is 0 Å². The van der Waals surface area contributed by atoms with Crippen molar-refractivity contribution < 1.29 is 14.4 Å². The van der Waals surface area contributed by atoms with Crippen LogP contribution in [0, 0.1) is 0 Å². The van der Waals surface area contributed by atoms with E-state index in [4.69, 9.17) is 0 Å². The monoisotopic (exact) mass is 310 g/mol. The maximum Gasteiger partial charge on any atom is 0.236 e. The van der Waals surface area contributed by atoms with Gasteiger partial charge in [-0.05, 0) is 31.2 Å². The molecule has 5 heteroatoms. The molecule has 0 heterocycles. The maximum absolute atomic E-state index is 12.1. The fourth-order valence-corrected chi connectivity index (χ4v) is 2.07. The van der Waals surface area contributed by atoms with Crippen LogP contribution in [0.1, 0.15) is 23.7 Å². The van der Waals surface area contributed by atoms with E-state index in [-0.39, 0.29) is 18.1 Å². The lowest BCUT2D eigenvalue weighted by Crippen LogP contribution is -2.30. The minimum absolute atomic E-state index is 0.0824. The summed E-state index contributed by atoms with van der Waals surface area (Å²) in [5, 5.41) is 2.64. The molecule has 5 nitrogen and oxygen atoms in total. The van der Waals surface area contributed by atoms with E-state index in [1.165, 1.54) is 11.8 Å². The summed E-state index contributed by atoms with van der Waals surface area (Å²) in [6, 6.07) is 15.7. The number of carbonyl (C=O) groups excluding carboxylic acids is 3. The Bertz CT molecular complexity index is 726. The Labute approximate surface area is 134 Å². The number of hydrogen-bond acceptors (Lipinski definition) is 3. The molecule has 0 bridgehead atoms. The molecule has 2 amide bonds. The molecule has 2 aromatic carbocycles. The molecule has 2 rings (SSSR count). The molecular weight excluding hydrogens is 292 g/mol. The molecule has 0 aliphatic carbocycles. The molecule has 0 aliphatic heterocycles. The van der Waals surface area contributed by atoms with Crippen LogP contribution in [0.4, 0.5) is 11.4 Å². The first kappa shape index (κ1) is 16.4. The van der Waals surface area contributed by atoms with Gasteiger partial charge in [-0.1, -0.05) is 30.3 Å². The second-order valence-electron chi connectivity index (χ2n) is 5.15. The third-order valence-corrected chi connectivity index (χ3v) is 3.38. The normalized spacial score (nSPS) is 10.0. The predicted molar refractivity (Wildman–Crippen MR) is 89.5 cm³/mol. The molecule has 0 unspecified atom stereocenters. The third-order valence-electron chi connectivity index (χ3n) is 3.38. The third kappa shape index (κ3) is 4.51. The molecule has 118 valence electrons. The second kappa shape index (κ2) is 7.35.